The molecule has 10 rings (SSSR count). The highest BCUT2D eigenvalue weighted by molar-refractivity contribution is 6.27. The van der Waals surface area contributed by atoms with Crippen LogP contribution in [0.1, 0.15) is 25.0 Å². The summed E-state index contributed by atoms with van der Waals surface area (Å²) in [6, 6.07) is 50.1. The molecule has 0 atom stereocenters. The first kappa shape index (κ1) is 25.5. The summed E-state index contributed by atoms with van der Waals surface area (Å²) >= 11 is 0. The minimum Gasteiger partial charge on any atom is -0.292 e. The molecule has 2 heterocycles. The van der Waals surface area contributed by atoms with E-state index in [1.807, 2.05) is 12.1 Å². The first-order valence-corrected chi connectivity index (χ1v) is 15.9. The average molecular weight is 588 g/mol. The Morgan fingerprint density at radius 2 is 1.22 bits per heavy atom. The van der Waals surface area contributed by atoms with Crippen molar-refractivity contribution in [2.24, 2.45) is 0 Å². The van der Waals surface area contributed by atoms with Crippen LogP contribution in [0.2, 0.25) is 0 Å². The predicted molar refractivity (Wildman–Crippen MR) is 192 cm³/mol. The maximum atomic E-state index is 5.48. The second-order valence-electron chi connectivity index (χ2n) is 13.0. The molecule has 3 nitrogen and oxygen atoms in total. The van der Waals surface area contributed by atoms with Gasteiger partial charge in [0.25, 0.3) is 0 Å². The zero-order chi connectivity index (χ0) is 30.6. The second kappa shape index (κ2) is 9.12. The SMILES string of the molecule is CC1(C)c2ccccc2-c2c1c1c(c3ccccc23)c2ccccc2n1-c1nc2ccccc2nc1-c1ccc2ccccc2c1. The minimum atomic E-state index is -0.228. The molecule has 0 radical (unpaired) electrons. The van der Waals surface area contributed by atoms with E-state index in [9.17, 15) is 0 Å². The summed E-state index contributed by atoms with van der Waals surface area (Å²) < 4.78 is 2.42. The molecular weight excluding hydrogens is 558 g/mol. The van der Waals surface area contributed by atoms with Crippen LogP contribution in [-0.2, 0) is 5.41 Å². The number of benzene rings is 7. The van der Waals surface area contributed by atoms with Crippen molar-refractivity contribution in [3.05, 3.63) is 151 Å². The fraction of sp³-hybridized carbons (Fsp3) is 0.0698. The lowest BCUT2D eigenvalue weighted by atomic mass is 9.80. The molecule has 0 amide bonds. The van der Waals surface area contributed by atoms with Crippen molar-refractivity contribution in [3.63, 3.8) is 0 Å². The summed E-state index contributed by atoms with van der Waals surface area (Å²) in [5.41, 5.74) is 11.2. The molecule has 7 aromatic carbocycles. The zero-order valence-electron chi connectivity index (χ0n) is 25.6. The van der Waals surface area contributed by atoms with Crippen LogP contribution in [-0.4, -0.2) is 14.5 Å². The predicted octanol–water partition coefficient (Wildman–Crippen LogP) is 11.0. The van der Waals surface area contributed by atoms with Gasteiger partial charge in [-0.05, 0) is 68.1 Å². The van der Waals surface area contributed by atoms with Crippen LogP contribution in [0.25, 0.3) is 82.6 Å². The number of para-hydroxylation sites is 3. The molecular formula is C43H29N3. The fourth-order valence-corrected chi connectivity index (χ4v) is 8.09. The number of hydrogen-bond acceptors (Lipinski definition) is 2. The lowest BCUT2D eigenvalue weighted by molar-refractivity contribution is 0.664. The number of nitrogens with zero attached hydrogens (tertiary/aromatic N) is 3. The Morgan fingerprint density at radius 1 is 0.565 bits per heavy atom. The molecule has 3 heteroatoms. The largest absolute Gasteiger partial charge is 0.292 e. The molecule has 0 fully saturated rings. The molecule has 46 heavy (non-hydrogen) atoms. The van der Waals surface area contributed by atoms with Crippen LogP contribution < -0.4 is 0 Å². The van der Waals surface area contributed by atoms with Gasteiger partial charge >= 0.3 is 0 Å². The van der Waals surface area contributed by atoms with Crippen LogP contribution in [0.3, 0.4) is 0 Å². The van der Waals surface area contributed by atoms with Gasteiger partial charge in [0, 0.05) is 21.8 Å². The van der Waals surface area contributed by atoms with Gasteiger partial charge in [0.2, 0.25) is 0 Å². The first-order chi connectivity index (χ1) is 22.6. The molecule has 0 spiro atoms. The van der Waals surface area contributed by atoms with Crippen LogP contribution in [0, 0.1) is 0 Å². The Balaban J connectivity index is 1.44. The van der Waals surface area contributed by atoms with Gasteiger partial charge in [0.05, 0.1) is 22.1 Å². The second-order valence-corrected chi connectivity index (χ2v) is 13.0. The Bertz CT molecular complexity index is 2730. The summed E-state index contributed by atoms with van der Waals surface area (Å²) in [5.74, 6) is 0.851. The molecule has 0 unspecified atom stereocenters. The summed E-state index contributed by atoms with van der Waals surface area (Å²) in [4.78, 5) is 10.8. The van der Waals surface area contributed by atoms with Crippen molar-refractivity contribution in [2.45, 2.75) is 19.3 Å². The molecule has 0 saturated carbocycles. The van der Waals surface area contributed by atoms with Gasteiger partial charge in [-0.1, -0.05) is 129 Å². The summed E-state index contributed by atoms with van der Waals surface area (Å²) in [6.07, 6.45) is 0. The zero-order valence-corrected chi connectivity index (χ0v) is 25.6. The quantitative estimate of drug-likeness (QED) is 0.201. The van der Waals surface area contributed by atoms with Crippen molar-refractivity contribution in [2.75, 3.05) is 0 Å². The number of aromatic nitrogens is 3. The van der Waals surface area contributed by atoms with E-state index < -0.39 is 0 Å². The van der Waals surface area contributed by atoms with Crippen LogP contribution in [0.4, 0.5) is 0 Å². The Morgan fingerprint density at radius 3 is 2.07 bits per heavy atom. The van der Waals surface area contributed by atoms with E-state index >= 15 is 0 Å². The van der Waals surface area contributed by atoms with E-state index in [1.165, 1.54) is 60.1 Å². The average Bonchev–Trinajstić information content (AvgIpc) is 3.57. The van der Waals surface area contributed by atoms with Gasteiger partial charge in [-0.25, -0.2) is 9.97 Å². The Hall–Kier alpha value is -5.80. The topological polar surface area (TPSA) is 30.7 Å². The van der Waals surface area contributed by atoms with Gasteiger partial charge in [0.1, 0.15) is 5.69 Å². The molecule has 216 valence electrons. The third kappa shape index (κ3) is 3.32. The highest BCUT2D eigenvalue weighted by Gasteiger charge is 2.40. The van der Waals surface area contributed by atoms with Crippen molar-refractivity contribution in [3.8, 4) is 28.2 Å². The van der Waals surface area contributed by atoms with Crippen LogP contribution in [0.15, 0.2) is 140 Å². The van der Waals surface area contributed by atoms with Crippen molar-refractivity contribution in [1.82, 2.24) is 14.5 Å². The minimum absolute atomic E-state index is 0.228. The maximum absolute atomic E-state index is 5.48. The van der Waals surface area contributed by atoms with Gasteiger partial charge in [-0.15, -0.1) is 0 Å². The lowest BCUT2D eigenvalue weighted by Gasteiger charge is -2.24. The van der Waals surface area contributed by atoms with Crippen LogP contribution in [0.5, 0.6) is 0 Å². The smallest absolute Gasteiger partial charge is 0.165 e. The summed E-state index contributed by atoms with van der Waals surface area (Å²) in [5, 5.41) is 7.45. The van der Waals surface area contributed by atoms with Crippen LogP contribution >= 0.6 is 0 Å². The molecule has 2 aromatic heterocycles. The molecule has 0 saturated heterocycles. The number of hydrogen-bond donors (Lipinski definition) is 0. The molecule has 9 aromatic rings. The summed E-state index contributed by atoms with van der Waals surface area (Å²) in [7, 11) is 0. The lowest BCUT2D eigenvalue weighted by Crippen LogP contribution is -2.17. The highest BCUT2D eigenvalue weighted by atomic mass is 15.1. The van der Waals surface area contributed by atoms with Gasteiger partial charge < -0.3 is 0 Å². The molecule has 1 aliphatic rings. The third-order valence-electron chi connectivity index (χ3n) is 10.1. The Labute approximate surface area is 266 Å². The van der Waals surface area contributed by atoms with E-state index in [0.29, 0.717) is 0 Å². The molecule has 1 aliphatic carbocycles. The normalized spacial score (nSPS) is 13.6. The van der Waals surface area contributed by atoms with Gasteiger partial charge in [0.15, 0.2) is 5.82 Å². The number of rotatable bonds is 2. The number of fused-ring (bicyclic) bond motifs is 12. The molecule has 0 aliphatic heterocycles. The fourth-order valence-electron chi connectivity index (χ4n) is 8.09. The first-order valence-electron chi connectivity index (χ1n) is 15.9. The van der Waals surface area contributed by atoms with E-state index in [0.717, 1.165) is 33.6 Å². The standard InChI is InChI=1S/C43H29N3/c1-43(2)33-19-9-7-17-31(33)37-29-15-5-6-16-30(29)38-32-18-8-12-22-36(32)46(41(38)39(37)43)42-40(44-34-20-10-11-21-35(34)45-42)28-24-23-26-13-3-4-14-27(26)25-28/h3-25H,1-2H3. The van der Waals surface area contributed by atoms with Gasteiger partial charge in [-0.3, -0.25) is 4.57 Å². The van der Waals surface area contributed by atoms with E-state index in [2.05, 4.69) is 146 Å². The third-order valence-corrected chi connectivity index (χ3v) is 10.1. The van der Waals surface area contributed by atoms with Gasteiger partial charge in [-0.2, -0.15) is 0 Å². The Kier molecular flexibility index (Phi) is 5.06. The van der Waals surface area contributed by atoms with Crippen molar-refractivity contribution < 1.29 is 0 Å². The van der Waals surface area contributed by atoms with E-state index in [1.54, 1.807) is 0 Å². The maximum Gasteiger partial charge on any atom is 0.165 e. The van der Waals surface area contributed by atoms with Crippen molar-refractivity contribution >= 4 is 54.4 Å². The van der Waals surface area contributed by atoms with E-state index in [4.69, 9.17) is 9.97 Å². The van der Waals surface area contributed by atoms with Crippen molar-refractivity contribution in [1.29, 1.82) is 0 Å². The molecule has 0 N–H and O–H groups in total. The molecule has 0 bridgehead atoms. The monoisotopic (exact) mass is 587 g/mol. The van der Waals surface area contributed by atoms with E-state index in [-0.39, 0.29) is 5.41 Å². The summed E-state index contributed by atoms with van der Waals surface area (Å²) in [6.45, 7) is 4.76. The highest BCUT2D eigenvalue weighted by Crippen LogP contribution is 2.56.